The van der Waals surface area contributed by atoms with Crippen LogP contribution in [0.3, 0.4) is 0 Å². The lowest BCUT2D eigenvalue weighted by molar-refractivity contribution is -0.144. The van der Waals surface area contributed by atoms with Crippen molar-refractivity contribution in [3.8, 4) is 0 Å². The summed E-state index contributed by atoms with van der Waals surface area (Å²) >= 11 is 0. The molecule has 0 aliphatic rings. The number of nitrogens with two attached hydrogens (primary N) is 1. The van der Waals surface area contributed by atoms with Crippen LogP contribution in [0.25, 0.3) is 10.4 Å². The molecule has 0 saturated heterocycles. The molecule has 0 aromatic carbocycles. The van der Waals surface area contributed by atoms with Crippen molar-refractivity contribution in [1.29, 1.82) is 0 Å². The van der Waals surface area contributed by atoms with Gasteiger partial charge in [-0.2, -0.15) is 0 Å². The molecule has 0 aliphatic heterocycles. The van der Waals surface area contributed by atoms with E-state index in [1.165, 1.54) is 0 Å². The van der Waals surface area contributed by atoms with Crippen LogP contribution < -0.4 is 5.73 Å². The molecule has 0 bridgehead atoms. The number of hydrogen-bond donors (Lipinski definition) is 2. The van der Waals surface area contributed by atoms with E-state index in [0.717, 1.165) is 0 Å². The fourth-order valence-electron chi connectivity index (χ4n) is 0.479. The van der Waals surface area contributed by atoms with E-state index in [0.29, 0.717) is 0 Å². The summed E-state index contributed by atoms with van der Waals surface area (Å²) in [5.74, 6) is -1.75. The molecule has 11 heavy (non-hydrogen) atoms. The molecular formula is C5H10N4O2. The van der Waals surface area contributed by atoms with Crippen LogP contribution in [0.5, 0.6) is 0 Å². The number of carboxylic acid groups (broad SMARTS) is 1. The Labute approximate surface area is 63.6 Å². The summed E-state index contributed by atoms with van der Waals surface area (Å²) in [7, 11) is 0. The first kappa shape index (κ1) is 9.74. The Balaban J connectivity index is 4.81. The van der Waals surface area contributed by atoms with Gasteiger partial charge in [0.1, 0.15) is 0 Å². The number of hydrogen-bond acceptors (Lipinski definition) is 3. The van der Waals surface area contributed by atoms with Gasteiger partial charge < -0.3 is 10.8 Å². The number of azide groups is 1. The third-order valence-corrected chi connectivity index (χ3v) is 1.43. The summed E-state index contributed by atoms with van der Waals surface area (Å²) in [4.78, 5) is 12.8. The summed E-state index contributed by atoms with van der Waals surface area (Å²) < 4.78 is 0. The predicted octanol–water partition coefficient (Wildman–Crippen LogP) is 0.692. The zero-order chi connectivity index (χ0) is 9.07. The third-order valence-electron chi connectivity index (χ3n) is 1.43. The smallest absolute Gasteiger partial charge is 0.330 e. The average Bonchev–Trinajstić information content (AvgIpc) is 1.87. The number of aliphatic carboxylic acids is 1. The van der Waals surface area contributed by atoms with Crippen LogP contribution >= 0.6 is 0 Å². The molecule has 1 atom stereocenters. The van der Waals surface area contributed by atoms with Gasteiger partial charge in [-0.1, -0.05) is 19.0 Å². The van der Waals surface area contributed by atoms with Crippen LogP contribution in [0.15, 0.2) is 5.11 Å². The first-order valence-electron chi connectivity index (χ1n) is 3.03. The van der Waals surface area contributed by atoms with Crippen molar-refractivity contribution in [2.75, 3.05) is 0 Å². The van der Waals surface area contributed by atoms with Gasteiger partial charge in [-0.15, -0.1) is 0 Å². The third kappa shape index (κ3) is 1.83. The molecule has 0 radical (unpaired) electrons. The van der Waals surface area contributed by atoms with Gasteiger partial charge in [-0.3, -0.25) is 4.79 Å². The average molecular weight is 158 g/mol. The van der Waals surface area contributed by atoms with E-state index in [1.807, 2.05) is 0 Å². The largest absolute Gasteiger partial charge is 0.480 e. The lowest BCUT2D eigenvalue weighted by Crippen LogP contribution is -2.50. The minimum atomic E-state index is -1.82. The SMILES string of the molecule is CC(C)[C@@](N)(N=[N+]=[N-])C(=O)O. The molecule has 3 N–H and O–H groups in total. The Morgan fingerprint density at radius 2 is 2.27 bits per heavy atom. The van der Waals surface area contributed by atoms with Crippen molar-refractivity contribution >= 4 is 5.97 Å². The summed E-state index contributed by atoms with van der Waals surface area (Å²) in [6.07, 6.45) is 0. The Morgan fingerprint density at radius 1 is 1.82 bits per heavy atom. The van der Waals surface area contributed by atoms with E-state index in [-0.39, 0.29) is 0 Å². The van der Waals surface area contributed by atoms with Gasteiger partial charge >= 0.3 is 5.97 Å². The second-order valence-corrected chi connectivity index (χ2v) is 2.47. The van der Waals surface area contributed by atoms with Gasteiger partial charge in [0.2, 0.25) is 0 Å². The molecule has 6 heteroatoms. The molecule has 0 aromatic rings. The van der Waals surface area contributed by atoms with Crippen LogP contribution in [0.4, 0.5) is 0 Å². The van der Waals surface area contributed by atoms with E-state index in [2.05, 4.69) is 10.0 Å². The highest BCUT2D eigenvalue weighted by Gasteiger charge is 2.36. The van der Waals surface area contributed by atoms with E-state index < -0.39 is 17.6 Å². The maximum absolute atomic E-state index is 10.5. The Hall–Kier alpha value is -1.26. The minimum absolute atomic E-state index is 0.434. The van der Waals surface area contributed by atoms with Crippen molar-refractivity contribution in [2.24, 2.45) is 16.8 Å². The molecule has 0 rings (SSSR count). The molecule has 0 aromatic heterocycles. The fraction of sp³-hybridized carbons (Fsp3) is 0.800. The Morgan fingerprint density at radius 3 is 2.36 bits per heavy atom. The van der Waals surface area contributed by atoms with Crippen molar-refractivity contribution in [1.82, 2.24) is 0 Å². The molecule has 0 spiro atoms. The van der Waals surface area contributed by atoms with Crippen LogP contribution in [0, 0.1) is 5.92 Å². The number of carboxylic acids is 1. The number of rotatable bonds is 3. The summed E-state index contributed by atoms with van der Waals surface area (Å²) in [5, 5.41) is 11.6. The van der Waals surface area contributed by atoms with E-state index in [9.17, 15) is 4.79 Å². The maximum Gasteiger partial charge on any atom is 0.330 e. The zero-order valence-electron chi connectivity index (χ0n) is 6.35. The van der Waals surface area contributed by atoms with Gasteiger partial charge in [0.15, 0.2) is 5.66 Å². The van der Waals surface area contributed by atoms with Crippen molar-refractivity contribution in [3.05, 3.63) is 10.4 Å². The number of nitrogens with zero attached hydrogens (tertiary/aromatic N) is 3. The standard InChI is InChI=1S/C5H10N4O2/c1-3(2)5(6,4(10)11)8-9-7/h3H,6H2,1-2H3,(H,10,11)/t5-/m1/s1. The highest BCUT2D eigenvalue weighted by molar-refractivity contribution is 5.78. The van der Waals surface area contributed by atoms with Crippen molar-refractivity contribution in [2.45, 2.75) is 19.5 Å². The summed E-state index contributed by atoms with van der Waals surface area (Å²) in [6.45, 7) is 3.14. The zero-order valence-corrected chi connectivity index (χ0v) is 6.35. The fourth-order valence-corrected chi connectivity index (χ4v) is 0.479. The first-order valence-corrected chi connectivity index (χ1v) is 3.03. The topological polar surface area (TPSA) is 112 Å². The molecule has 6 nitrogen and oxygen atoms in total. The van der Waals surface area contributed by atoms with E-state index in [4.69, 9.17) is 16.4 Å². The molecule has 0 aliphatic carbocycles. The van der Waals surface area contributed by atoms with Crippen LogP contribution in [-0.2, 0) is 4.79 Å². The monoisotopic (exact) mass is 158 g/mol. The number of carbonyl (C=O) groups is 1. The lowest BCUT2D eigenvalue weighted by atomic mass is 9.98. The summed E-state index contributed by atoms with van der Waals surface area (Å²) in [6, 6.07) is 0. The summed E-state index contributed by atoms with van der Waals surface area (Å²) in [5.41, 5.74) is 11.5. The molecule has 0 amide bonds. The Kier molecular flexibility index (Phi) is 2.86. The first-order chi connectivity index (χ1) is 4.95. The van der Waals surface area contributed by atoms with Gasteiger partial charge in [-0.25, -0.2) is 0 Å². The van der Waals surface area contributed by atoms with E-state index in [1.54, 1.807) is 13.8 Å². The van der Waals surface area contributed by atoms with Crippen LogP contribution in [-0.4, -0.2) is 16.7 Å². The molecule has 62 valence electrons. The minimum Gasteiger partial charge on any atom is -0.480 e. The molecule has 0 fully saturated rings. The van der Waals surface area contributed by atoms with Gasteiger partial charge in [-0.05, 0) is 11.4 Å². The quantitative estimate of drug-likeness (QED) is 0.358. The van der Waals surface area contributed by atoms with Crippen LogP contribution in [0.2, 0.25) is 0 Å². The highest BCUT2D eigenvalue weighted by Crippen LogP contribution is 2.15. The van der Waals surface area contributed by atoms with Gasteiger partial charge in [0.25, 0.3) is 0 Å². The van der Waals surface area contributed by atoms with Gasteiger partial charge in [0, 0.05) is 4.91 Å². The molecular weight excluding hydrogens is 148 g/mol. The van der Waals surface area contributed by atoms with Crippen LogP contribution in [0.1, 0.15) is 13.8 Å². The highest BCUT2D eigenvalue weighted by atomic mass is 16.4. The second-order valence-electron chi connectivity index (χ2n) is 2.47. The Bertz CT molecular complexity index is 205. The molecule has 0 heterocycles. The molecule has 0 unspecified atom stereocenters. The maximum atomic E-state index is 10.5. The molecule has 0 saturated carbocycles. The van der Waals surface area contributed by atoms with E-state index >= 15 is 0 Å². The van der Waals surface area contributed by atoms with Gasteiger partial charge in [0.05, 0.1) is 0 Å². The second kappa shape index (κ2) is 3.23. The predicted molar refractivity (Wildman–Crippen MR) is 38.5 cm³/mol. The van der Waals surface area contributed by atoms with Crippen molar-refractivity contribution < 1.29 is 9.90 Å². The normalized spacial score (nSPS) is 15.3. The van der Waals surface area contributed by atoms with Crippen molar-refractivity contribution in [3.63, 3.8) is 0 Å². The lowest BCUT2D eigenvalue weighted by Gasteiger charge is -2.22.